The van der Waals surface area contributed by atoms with Crippen LogP contribution in [0.25, 0.3) is 0 Å². The molecular formula is C6H13Cl3NO2P. The van der Waals surface area contributed by atoms with Crippen LogP contribution in [0.5, 0.6) is 0 Å². The zero-order valence-electron chi connectivity index (χ0n) is 7.47. The Morgan fingerprint density at radius 1 is 1.31 bits per heavy atom. The van der Waals surface area contributed by atoms with Crippen molar-refractivity contribution in [3.8, 4) is 0 Å². The first kappa shape index (κ1) is 16.0. The molecule has 0 aromatic carbocycles. The largest absolute Gasteiger partial charge is 0.369 e. The Kier molecular flexibility index (Phi) is 9.77. The topological polar surface area (TPSA) is 60.2 Å². The summed E-state index contributed by atoms with van der Waals surface area (Å²) in [5.41, 5.74) is 5.02. The van der Waals surface area contributed by atoms with Gasteiger partial charge in [0.2, 0.25) is 5.91 Å². The summed E-state index contributed by atoms with van der Waals surface area (Å²) >= 11 is 13.8. The van der Waals surface area contributed by atoms with Crippen LogP contribution in [0.1, 0.15) is 26.7 Å². The molecule has 0 aromatic rings. The summed E-state index contributed by atoms with van der Waals surface area (Å²) in [4.78, 5) is 10.4. The quantitative estimate of drug-likeness (QED) is 0.793. The second-order valence-corrected chi connectivity index (χ2v) is 8.95. The number of nitrogens with two attached hydrogens (primary N) is 1. The first-order chi connectivity index (χ1) is 5.72. The predicted octanol–water partition coefficient (Wildman–Crippen LogP) is 3.72. The number of hydrogen-bond donors (Lipinski definition) is 1. The first-order valence-electron chi connectivity index (χ1n) is 3.70. The van der Waals surface area contributed by atoms with E-state index in [1.165, 1.54) is 0 Å². The lowest BCUT2D eigenvalue weighted by molar-refractivity contribution is -0.121. The van der Waals surface area contributed by atoms with Crippen LogP contribution in [-0.2, 0) is 9.36 Å². The maximum Gasteiger partial charge on any atom is 0.339 e. The summed E-state index contributed by atoms with van der Waals surface area (Å²) in [5.74, 6) is -0.0787. The Hall–Kier alpha value is 0.570. The molecule has 0 rings (SSSR count). The van der Waals surface area contributed by atoms with Crippen LogP contribution in [0.15, 0.2) is 0 Å². The second kappa shape index (κ2) is 7.93. The minimum atomic E-state index is -3.22. The van der Waals surface area contributed by atoms with E-state index in [0.29, 0.717) is 0 Å². The van der Waals surface area contributed by atoms with E-state index in [1.807, 2.05) is 13.8 Å². The van der Waals surface area contributed by atoms with Crippen LogP contribution in [0.3, 0.4) is 0 Å². The number of carbonyl (C=O) groups is 1. The fraction of sp³-hybridized carbons (Fsp3) is 0.833. The number of primary amides is 1. The molecular weight excluding hydrogens is 255 g/mol. The van der Waals surface area contributed by atoms with Crippen molar-refractivity contribution in [2.75, 3.05) is 0 Å². The lowest BCUT2D eigenvalue weighted by Crippen LogP contribution is -2.21. The number of hydrogen-bond acceptors (Lipinski definition) is 2. The summed E-state index contributed by atoms with van der Waals surface area (Å²) in [6.07, 6.45) is 1.73. The van der Waals surface area contributed by atoms with E-state index in [9.17, 15) is 9.36 Å². The van der Waals surface area contributed by atoms with E-state index < -0.39 is 5.20 Å². The summed E-state index contributed by atoms with van der Waals surface area (Å²) in [6, 6.07) is 0. The van der Waals surface area contributed by atoms with Gasteiger partial charge in [-0.1, -0.05) is 13.8 Å². The van der Waals surface area contributed by atoms with Crippen molar-refractivity contribution in [1.29, 1.82) is 0 Å². The third-order valence-electron chi connectivity index (χ3n) is 1.39. The van der Waals surface area contributed by atoms with E-state index in [-0.39, 0.29) is 11.8 Å². The molecule has 3 nitrogen and oxygen atoms in total. The second-order valence-electron chi connectivity index (χ2n) is 2.31. The van der Waals surface area contributed by atoms with Gasteiger partial charge in [-0.25, -0.2) is 0 Å². The van der Waals surface area contributed by atoms with Crippen molar-refractivity contribution >= 4 is 44.8 Å². The van der Waals surface area contributed by atoms with Crippen molar-refractivity contribution in [2.45, 2.75) is 26.7 Å². The molecule has 0 saturated carbocycles. The Morgan fingerprint density at radius 2 is 1.54 bits per heavy atom. The Morgan fingerprint density at radius 3 is 1.54 bits per heavy atom. The predicted molar refractivity (Wildman–Crippen MR) is 58.4 cm³/mol. The number of carbonyl (C=O) groups excluding carboxylic acids is 1. The standard InChI is InChI=1S/C6H13NO.Cl3OP/c1-3-5(4-2)6(7)8;1-5(2,3)4/h5H,3-4H2,1-2H3,(H2,7,8);. The van der Waals surface area contributed by atoms with Crippen LogP contribution in [0, 0.1) is 5.92 Å². The molecule has 7 heteroatoms. The maximum absolute atomic E-state index is 10.4. The smallest absolute Gasteiger partial charge is 0.339 e. The third kappa shape index (κ3) is 19.1. The first-order valence-corrected chi connectivity index (χ1v) is 8.12. The summed E-state index contributed by atoms with van der Waals surface area (Å²) < 4.78 is 9.51. The Labute approximate surface area is 92.6 Å². The Bertz CT molecular complexity index is 182. The molecule has 2 N–H and O–H groups in total. The highest BCUT2D eigenvalue weighted by molar-refractivity contribution is 8.24. The minimum Gasteiger partial charge on any atom is -0.369 e. The van der Waals surface area contributed by atoms with Gasteiger partial charge in [0.25, 0.3) is 0 Å². The molecule has 0 unspecified atom stereocenters. The highest BCUT2D eigenvalue weighted by Gasteiger charge is 2.07. The number of rotatable bonds is 3. The van der Waals surface area contributed by atoms with Crippen molar-refractivity contribution < 1.29 is 9.36 Å². The average molecular weight is 269 g/mol. The van der Waals surface area contributed by atoms with Crippen LogP contribution >= 0.6 is 38.9 Å². The molecule has 0 aliphatic carbocycles. The van der Waals surface area contributed by atoms with Gasteiger partial charge in [-0.3, -0.25) is 9.36 Å². The fourth-order valence-electron chi connectivity index (χ4n) is 0.691. The molecule has 0 spiro atoms. The monoisotopic (exact) mass is 267 g/mol. The van der Waals surface area contributed by atoms with Gasteiger partial charge in [0, 0.05) is 5.92 Å². The highest BCUT2D eigenvalue weighted by atomic mass is 36.0. The molecule has 0 atom stereocenters. The summed E-state index contributed by atoms with van der Waals surface area (Å²) in [7, 11) is 0. The van der Waals surface area contributed by atoms with Gasteiger partial charge in [-0.2, -0.15) is 0 Å². The average Bonchev–Trinajstić information content (AvgIpc) is 1.85. The van der Waals surface area contributed by atoms with E-state index >= 15 is 0 Å². The lowest BCUT2D eigenvalue weighted by atomic mass is 10.0. The molecule has 13 heavy (non-hydrogen) atoms. The van der Waals surface area contributed by atoms with Crippen molar-refractivity contribution in [3.63, 3.8) is 0 Å². The zero-order valence-corrected chi connectivity index (χ0v) is 10.6. The van der Waals surface area contributed by atoms with Crippen LogP contribution in [0.4, 0.5) is 0 Å². The van der Waals surface area contributed by atoms with Gasteiger partial charge in [0.1, 0.15) is 0 Å². The normalized spacial score (nSPS) is 10.6. The van der Waals surface area contributed by atoms with Crippen LogP contribution in [-0.4, -0.2) is 5.91 Å². The molecule has 0 saturated heterocycles. The van der Waals surface area contributed by atoms with Gasteiger partial charge >= 0.3 is 5.20 Å². The van der Waals surface area contributed by atoms with E-state index in [4.69, 9.17) is 5.73 Å². The molecule has 0 aliphatic rings. The van der Waals surface area contributed by atoms with Crippen LogP contribution < -0.4 is 5.73 Å². The number of halogens is 3. The van der Waals surface area contributed by atoms with Crippen LogP contribution in [0.2, 0.25) is 0 Å². The fourth-order valence-corrected chi connectivity index (χ4v) is 0.691. The molecule has 0 bridgehead atoms. The minimum absolute atomic E-state index is 0.0926. The van der Waals surface area contributed by atoms with E-state index in [2.05, 4.69) is 33.7 Å². The van der Waals surface area contributed by atoms with E-state index in [1.54, 1.807) is 0 Å². The van der Waals surface area contributed by atoms with Gasteiger partial charge in [-0.05, 0) is 46.6 Å². The third-order valence-corrected chi connectivity index (χ3v) is 1.39. The highest BCUT2D eigenvalue weighted by Crippen LogP contribution is 2.61. The molecule has 0 heterocycles. The Balaban J connectivity index is 0. The zero-order chi connectivity index (χ0) is 11.1. The molecule has 0 aliphatic heterocycles. The maximum atomic E-state index is 10.4. The number of amides is 1. The van der Waals surface area contributed by atoms with Gasteiger partial charge in [0.15, 0.2) is 0 Å². The molecule has 0 radical (unpaired) electrons. The molecule has 80 valence electrons. The molecule has 1 amide bonds. The molecule has 0 aromatic heterocycles. The van der Waals surface area contributed by atoms with Gasteiger partial charge in [-0.15, -0.1) is 0 Å². The van der Waals surface area contributed by atoms with Crippen molar-refractivity contribution in [3.05, 3.63) is 0 Å². The molecule has 0 fully saturated rings. The van der Waals surface area contributed by atoms with Gasteiger partial charge in [0.05, 0.1) is 0 Å². The van der Waals surface area contributed by atoms with Crippen molar-refractivity contribution in [2.24, 2.45) is 11.7 Å². The van der Waals surface area contributed by atoms with Gasteiger partial charge < -0.3 is 5.73 Å². The van der Waals surface area contributed by atoms with E-state index in [0.717, 1.165) is 12.8 Å². The summed E-state index contributed by atoms with van der Waals surface area (Å²) in [6.45, 7) is 3.94. The lowest BCUT2D eigenvalue weighted by Gasteiger charge is -2.04. The van der Waals surface area contributed by atoms with Crippen molar-refractivity contribution in [1.82, 2.24) is 0 Å². The summed E-state index contributed by atoms with van der Waals surface area (Å²) in [5, 5.41) is -3.22. The SMILES string of the molecule is CCC(CC)C(N)=O.O=P(Cl)(Cl)Cl.